The first kappa shape index (κ1) is 21.7. The molecule has 0 atom stereocenters. The molecular weight excluding hydrogens is 454 g/mol. The smallest absolute Gasteiger partial charge is 0.303 e. The number of carboxylic acid groups (broad SMARTS) is 1. The molecule has 1 aromatic rings. The molecule has 2 N–H and O–H groups in total. The number of amides is 1. The zero-order valence-electron chi connectivity index (χ0n) is 14.7. The number of thioether (sulfide) groups is 1. The summed E-state index contributed by atoms with van der Waals surface area (Å²) < 4.78 is 6.38. The predicted octanol–water partition coefficient (Wildman–Crippen LogP) is 4.40. The summed E-state index contributed by atoms with van der Waals surface area (Å²) in [6.07, 6.45) is 3.87. The third-order valence-corrected chi connectivity index (χ3v) is 5.78. The van der Waals surface area contributed by atoms with Gasteiger partial charge in [-0.1, -0.05) is 30.4 Å². The third-order valence-electron chi connectivity index (χ3n) is 3.79. The molecular formula is C18H20BrNO5S2. The molecule has 1 heterocycles. The number of carbonyl (C=O) groups is 2. The van der Waals surface area contributed by atoms with E-state index in [2.05, 4.69) is 15.9 Å². The van der Waals surface area contributed by atoms with Gasteiger partial charge in [-0.15, -0.1) is 0 Å². The number of aliphatic carboxylic acids is 1. The molecule has 0 spiro atoms. The van der Waals surface area contributed by atoms with Gasteiger partial charge in [0.1, 0.15) is 4.32 Å². The lowest BCUT2D eigenvalue weighted by atomic mass is 10.1. The van der Waals surface area contributed by atoms with E-state index in [9.17, 15) is 14.7 Å². The largest absolute Gasteiger partial charge is 0.503 e. The van der Waals surface area contributed by atoms with Crippen molar-refractivity contribution in [3.05, 3.63) is 27.1 Å². The predicted molar refractivity (Wildman–Crippen MR) is 113 cm³/mol. The number of ether oxygens (including phenoxy) is 1. The zero-order valence-corrected chi connectivity index (χ0v) is 18.0. The van der Waals surface area contributed by atoms with Gasteiger partial charge in [0.2, 0.25) is 0 Å². The number of hydrogen-bond donors (Lipinski definition) is 2. The number of nitrogens with zero attached hydrogens (tertiary/aromatic N) is 1. The van der Waals surface area contributed by atoms with Gasteiger partial charge in [-0.3, -0.25) is 14.5 Å². The molecule has 6 nitrogen and oxygen atoms in total. The molecule has 1 saturated heterocycles. The van der Waals surface area contributed by atoms with Crippen molar-refractivity contribution in [3.63, 3.8) is 0 Å². The van der Waals surface area contributed by atoms with E-state index < -0.39 is 5.97 Å². The molecule has 9 heteroatoms. The van der Waals surface area contributed by atoms with Gasteiger partial charge in [0, 0.05) is 13.0 Å². The number of halogens is 1. The monoisotopic (exact) mass is 473 g/mol. The minimum atomic E-state index is -0.810. The Morgan fingerprint density at radius 3 is 2.78 bits per heavy atom. The van der Waals surface area contributed by atoms with Crippen LogP contribution < -0.4 is 4.74 Å². The van der Waals surface area contributed by atoms with E-state index in [1.165, 1.54) is 11.8 Å². The second-order valence-corrected chi connectivity index (χ2v) is 8.35. The lowest BCUT2D eigenvalue weighted by Gasteiger charge is -2.13. The second-order valence-electron chi connectivity index (χ2n) is 5.82. The first-order valence-electron chi connectivity index (χ1n) is 8.46. The van der Waals surface area contributed by atoms with E-state index >= 15 is 0 Å². The van der Waals surface area contributed by atoms with Gasteiger partial charge in [-0.05, 0) is 59.5 Å². The van der Waals surface area contributed by atoms with Crippen LogP contribution in [0.25, 0.3) is 6.08 Å². The topological polar surface area (TPSA) is 87.1 Å². The lowest BCUT2D eigenvalue weighted by Crippen LogP contribution is -2.29. The van der Waals surface area contributed by atoms with Crippen LogP contribution in [0.3, 0.4) is 0 Å². The van der Waals surface area contributed by atoms with Crippen LogP contribution in [-0.4, -0.2) is 44.5 Å². The van der Waals surface area contributed by atoms with E-state index in [1.54, 1.807) is 23.1 Å². The number of rotatable bonds is 9. The SMILES string of the molecule is CCOc1cc(/C=C2/SC(=S)N(CCCCCC(=O)O)C2=O)cc(Br)c1O. The Bertz CT molecular complexity index is 781. The molecule has 0 bridgehead atoms. The van der Waals surface area contributed by atoms with E-state index in [0.717, 1.165) is 6.42 Å². The Hall–Kier alpha value is -1.58. The quantitative estimate of drug-likeness (QED) is 0.312. The Labute approximate surface area is 175 Å². The summed E-state index contributed by atoms with van der Waals surface area (Å²) in [5.41, 5.74) is 0.713. The zero-order chi connectivity index (χ0) is 20.0. The molecule has 1 aliphatic heterocycles. The summed E-state index contributed by atoms with van der Waals surface area (Å²) in [5, 5.41) is 18.6. The van der Waals surface area contributed by atoms with Gasteiger partial charge in [0.25, 0.3) is 5.91 Å². The number of hydrogen-bond acceptors (Lipinski definition) is 6. The first-order valence-corrected chi connectivity index (χ1v) is 10.5. The third kappa shape index (κ3) is 5.95. The van der Waals surface area contributed by atoms with Crippen molar-refractivity contribution in [3.8, 4) is 11.5 Å². The normalized spacial score (nSPS) is 15.6. The van der Waals surface area contributed by atoms with Crippen molar-refractivity contribution in [2.45, 2.75) is 32.6 Å². The molecule has 1 fully saturated rings. The first-order chi connectivity index (χ1) is 12.8. The molecule has 1 amide bonds. The van der Waals surface area contributed by atoms with Crippen molar-refractivity contribution < 1.29 is 24.5 Å². The average molecular weight is 474 g/mol. The standard InChI is InChI=1S/C18H20BrNO5S2/c1-2-25-13-9-11(8-12(19)16(13)23)10-14-17(24)20(18(26)27-14)7-5-3-4-6-15(21)22/h8-10,23H,2-7H2,1H3,(H,21,22)/b14-10+. The van der Waals surface area contributed by atoms with Gasteiger partial charge in [-0.2, -0.15) is 0 Å². The summed E-state index contributed by atoms with van der Waals surface area (Å²) in [6, 6.07) is 3.37. The van der Waals surface area contributed by atoms with Gasteiger partial charge >= 0.3 is 5.97 Å². The molecule has 0 radical (unpaired) electrons. The molecule has 146 valence electrons. The fourth-order valence-electron chi connectivity index (χ4n) is 2.51. The van der Waals surface area contributed by atoms with Crippen LogP contribution in [0.15, 0.2) is 21.5 Å². The average Bonchev–Trinajstić information content (AvgIpc) is 2.86. The molecule has 0 saturated carbocycles. The number of phenolic OH excluding ortho intramolecular Hbond substituents is 1. The van der Waals surface area contributed by atoms with Gasteiger partial charge in [-0.25, -0.2) is 0 Å². The molecule has 1 aromatic carbocycles. The van der Waals surface area contributed by atoms with Crippen LogP contribution in [0.2, 0.25) is 0 Å². The van der Waals surface area contributed by atoms with Crippen LogP contribution >= 0.6 is 39.9 Å². The number of benzene rings is 1. The number of unbranched alkanes of at least 4 members (excludes halogenated alkanes) is 2. The van der Waals surface area contributed by atoms with Gasteiger partial charge < -0.3 is 14.9 Å². The molecule has 27 heavy (non-hydrogen) atoms. The van der Waals surface area contributed by atoms with Crippen LogP contribution in [0.5, 0.6) is 11.5 Å². The minimum Gasteiger partial charge on any atom is -0.503 e. The Morgan fingerprint density at radius 2 is 2.11 bits per heavy atom. The minimum absolute atomic E-state index is 0.0166. The van der Waals surface area contributed by atoms with E-state index in [1.807, 2.05) is 6.92 Å². The van der Waals surface area contributed by atoms with E-state index in [0.29, 0.717) is 51.0 Å². The second kappa shape index (κ2) is 10.1. The van der Waals surface area contributed by atoms with Crippen LogP contribution in [0.4, 0.5) is 0 Å². The maximum atomic E-state index is 12.6. The van der Waals surface area contributed by atoms with Crippen molar-refractivity contribution in [1.82, 2.24) is 4.90 Å². The summed E-state index contributed by atoms with van der Waals surface area (Å²) in [4.78, 5) is 25.2. The fourth-order valence-corrected chi connectivity index (χ4v) is 4.28. The molecule has 2 rings (SSSR count). The highest BCUT2D eigenvalue weighted by molar-refractivity contribution is 9.10. The summed E-state index contributed by atoms with van der Waals surface area (Å²) in [5.74, 6) is -0.615. The molecule has 0 aliphatic carbocycles. The highest BCUT2D eigenvalue weighted by Crippen LogP contribution is 2.38. The number of carboxylic acids is 1. The maximum absolute atomic E-state index is 12.6. The van der Waals surface area contributed by atoms with Crippen molar-refractivity contribution >= 4 is 62.2 Å². The molecule has 0 unspecified atom stereocenters. The summed E-state index contributed by atoms with van der Waals surface area (Å²) >= 11 is 9.82. The lowest BCUT2D eigenvalue weighted by molar-refractivity contribution is -0.137. The van der Waals surface area contributed by atoms with Crippen molar-refractivity contribution in [2.24, 2.45) is 0 Å². The van der Waals surface area contributed by atoms with Crippen LogP contribution in [-0.2, 0) is 9.59 Å². The van der Waals surface area contributed by atoms with Crippen LogP contribution in [0.1, 0.15) is 38.2 Å². The molecule has 0 aromatic heterocycles. The van der Waals surface area contributed by atoms with Gasteiger partial charge in [0.15, 0.2) is 11.5 Å². The highest BCUT2D eigenvalue weighted by Gasteiger charge is 2.31. The summed E-state index contributed by atoms with van der Waals surface area (Å²) in [7, 11) is 0. The Kier molecular flexibility index (Phi) is 8.12. The van der Waals surface area contributed by atoms with Crippen molar-refractivity contribution in [1.29, 1.82) is 0 Å². The van der Waals surface area contributed by atoms with Crippen LogP contribution in [0, 0.1) is 0 Å². The maximum Gasteiger partial charge on any atom is 0.303 e. The van der Waals surface area contributed by atoms with E-state index in [-0.39, 0.29) is 18.1 Å². The molecule has 1 aliphatic rings. The van der Waals surface area contributed by atoms with E-state index in [4.69, 9.17) is 22.1 Å². The number of phenols is 1. The van der Waals surface area contributed by atoms with Gasteiger partial charge in [0.05, 0.1) is 16.0 Å². The van der Waals surface area contributed by atoms with Crippen molar-refractivity contribution in [2.75, 3.05) is 13.2 Å². The number of thiocarbonyl (C=S) groups is 1. The highest BCUT2D eigenvalue weighted by atomic mass is 79.9. The summed E-state index contributed by atoms with van der Waals surface area (Å²) in [6.45, 7) is 2.71. The Balaban J connectivity index is 2.06. The fraction of sp³-hybridized carbons (Fsp3) is 0.389. The number of aromatic hydroxyl groups is 1. The Morgan fingerprint density at radius 1 is 1.37 bits per heavy atom. The number of carbonyl (C=O) groups excluding carboxylic acids is 1.